The van der Waals surface area contributed by atoms with E-state index in [9.17, 15) is 14.4 Å². The van der Waals surface area contributed by atoms with Crippen molar-refractivity contribution >= 4 is 45.3 Å². The van der Waals surface area contributed by atoms with Gasteiger partial charge in [0, 0.05) is 31.1 Å². The lowest BCUT2D eigenvalue weighted by Crippen LogP contribution is -2.40. The molecule has 1 atom stereocenters. The number of benzene rings is 1. The lowest BCUT2D eigenvalue weighted by atomic mass is 10.1. The third kappa shape index (κ3) is 6.97. The summed E-state index contributed by atoms with van der Waals surface area (Å²) in [6, 6.07) is 9.29. The monoisotopic (exact) mass is 662 g/mol. The molecule has 0 aliphatic carbocycles. The molecule has 46 heavy (non-hydrogen) atoms. The molecule has 2 amide bonds. The van der Waals surface area contributed by atoms with Crippen LogP contribution in [0.5, 0.6) is 0 Å². The Morgan fingerprint density at radius 2 is 1.85 bits per heavy atom. The van der Waals surface area contributed by atoms with Gasteiger partial charge in [0.05, 0.1) is 11.1 Å². The van der Waals surface area contributed by atoms with E-state index >= 15 is 0 Å². The molecule has 10 nitrogen and oxygen atoms in total. The van der Waals surface area contributed by atoms with Gasteiger partial charge in [0.25, 0.3) is 11.5 Å². The van der Waals surface area contributed by atoms with Gasteiger partial charge in [0.15, 0.2) is 10.9 Å². The number of carbonyl (C=O) groups is 2. The maximum absolute atomic E-state index is 14.1. The average Bonchev–Trinajstić information content (AvgIpc) is 3.15. The molecule has 1 aliphatic heterocycles. The van der Waals surface area contributed by atoms with Crippen LogP contribution in [0.2, 0.25) is 0 Å². The van der Waals surface area contributed by atoms with Crippen molar-refractivity contribution < 1.29 is 14.3 Å². The topological polar surface area (TPSA) is 111 Å². The number of likely N-dealkylation sites (tertiary alicyclic amines) is 1. The van der Waals surface area contributed by atoms with Crippen LogP contribution in [0.3, 0.4) is 0 Å². The molecule has 244 valence electrons. The highest BCUT2D eigenvalue weighted by molar-refractivity contribution is 7.99. The molecule has 4 aromatic rings. The van der Waals surface area contributed by atoms with E-state index in [0.717, 1.165) is 46.5 Å². The zero-order valence-corrected chi connectivity index (χ0v) is 29.5. The fourth-order valence-corrected chi connectivity index (χ4v) is 7.76. The SMILES string of the molecule is CCc1c(C)sc2nc(Sc3ccc(C(=O)N(C)C4CCCN(C(=O)OC(C)(C)C)CC4)nn3)n(-c3cccc(C)c3C)c(=O)c12. The first-order valence-electron chi connectivity index (χ1n) is 15.7. The first-order valence-corrected chi connectivity index (χ1v) is 17.3. The van der Waals surface area contributed by atoms with Gasteiger partial charge in [0.1, 0.15) is 15.5 Å². The summed E-state index contributed by atoms with van der Waals surface area (Å²) >= 11 is 2.78. The summed E-state index contributed by atoms with van der Waals surface area (Å²) in [7, 11) is 1.77. The van der Waals surface area contributed by atoms with Crippen molar-refractivity contribution in [1.29, 1.82) is 0 Å². The molecular weight excluding hydrogens is 621 g/mol. The average molecular weight is 663 g/mol. The minimum Gasteiger partial charge on any atom is -0.444 e. The molecule has 5 rings (SSSR count). The second kappa shape index (κ2) is 13.5. The molecule has 0 radical (unpaired) electrons. The van der Waals surface area contributed by atoms with Gasteiger partial charge < -0.3 is 14.5 Å². The van der Waals surface area contributed by atoms with Gasteiger partial charge in [-0.3, -0.25) is 14.2 Å². The summed E-state index contributed by atoms with van der Waals surface area (Å²) in [6.07, 6.45) is 2.62. The van der Waals surface area contributed by atoms with Crippen molar-refractivity contribution in [3.05, 3.63) is 67.9 Å². The number of hydrogen-bond donors (Lipinski definition) is 0. The van der Waals surface area contributed by atoms with E-state index in [1.807, 2.05) is 59.7 Å². The van der Waals surface area contributed by atoms with Crippen molar-refractivity contribution in [3.8, 4) is 5.69 Å². The molecule has 1 saturated heterocycles. The van der Waals surface area contributed by atoms with Crippen LogP contribution in [-0.4, -0.2) is 73.3 Å². The number of carbonyl (C=O) groups excluding carboxylic acids is 2. The molecule has 0 N–H and O–H groups in total. The Balaban J connectivity index is 1.38. The Hall–Kier alpha value is -3.77. The number of ether oxygens (including phenoxy) is 1. The number of fused-ring (bicyclic) bond motifs is 1. The molecule has 1 aromatic carbocycles. The predicted octanol–water partition coefficient (Wildman–Crippen LogP) is 6.74. The molecule has 3 aromatic heterocycles. The number of rotatable bonds is 6. The van der Waals surface area contributed by atoms with Crippen molar-refractivity contribution in [2.24, 2.45) is 0 Å². The first-order chi connectivity index (χ1) is 21.8. The summed E-state index contributed by atoms with van der Waals surface area (Å²) in [5.74, 6) is -0.229. The van der Waals surface area contributed by atoms with Crippen LogP contribution in [-0.2, 0) is 11.2 Å². The highest BCUT2D eigenvalue weighted by atomic mass is 32.2. The van der Waals surface area contributed by atoms with Gasteiger partial charge in [-0.05, 0) is 114 Å². The maximum atomic E-state index is 14.1. The van der Waals surface area contributed by atoms with E-state index in [1.54, 1.807) is 33.5 Å². The summed E-state index contributed by atoms with van der Waals surface area (Å²) in [5, 5.41) is 10.3. The van der Waals surface area contributed by atoms with Gasteiger partial charge in [-0.2, -0.15) is 0 Å². The second-order valence-electron chi connectivity index (χ2n) is 12.8. The van der Waals surface area contributed by atoms with Gasteiger partial charge in [-0.1, -0.05) is 19.1 Å². The molecule has 4 heterocycles. The molecule has 1 unspecified atom stereocenters. The molecule has 1 fully saturated rings. The molecule has 1 aliphatic rings. The number of aromatic nitrogens is 4. The Morgan fingerprint density at radius 3 is 2.52 bits per heavy atom. The van der Waals surface area contributed by atoms with Crippen LogP contribution in [0.4, 0.5) is 4.79 Å². The van der Waals surface area contributed by atoms with Crippen LogP contribution in [0.15, 0.2) is 45.3 Å². The van der Waals surface area contributed by atoms with E-state index in [2.05, 4.69) is 17.1 Å². The fraction of sp³-hybridized carbons (Fsp3) is 0.471. The Bertz CT molecular complexity index is 1830. The molecule has 12 heteroatoms. The zero-order valence-electron chi connectivity index (χ0n) is 27.8. The van der Waals surface area contributed by atoms with E-state index in [-0.39, 0.29) is 29.3 Å². The summed E-state index contributed by atoms with van der Waals surface area (Å²) in [6.45, 7) is 14.8. The second-order valence-corrected chi connectivity index (χ2v) is 14.9. The zero-order chi connectivity index (χ0) is 33.3. The highest BCUT2D eigenvalue weighted by Crippen LogP contribution is 2.33. The van der Waals surface area contributed by atoms with Crippen LogP contribution in [0, 0.1) is 20.8 Å². The standard InChI is InChI=1S/C34H42N6O4S2/c1-9-24-22(4)45-29-28(24)31(42)40(26-14-10-12-20(2)21(26)3)32(35-29)46-27-16-15-25(36-37-27)30(41)38(8)23-13-11-18-39(19-17-23)33(43)44-34(5,6)7/h10,12,14-16,23H,9,11,13,17-19H2,1-8H3. The number of amides is 2. The van der Waals surface area contributed by atoms with Crippen LogP contribution in [0.25, 0.3) is 15.9 Å². The summed E-state index contributed by atoms with van der Waals surface area (Å²) in [5.41, 5.74) is 3.47. The Labute approximate surface area is 278 Å². The van der Waals surface area contributed by atoms with Crippen LogP contribution in [0.1, 0.15) is 79.0 Å². The molecular formula is C34H42N6O4S2. The fourth-order valence-electron chi connectivity index (χ4n) is 5.79. The minimum absolute atomic E-state index is 0.0408. The van der Waals surface area contributed by atoms with Crippen LogP contribution < -0.4 is 5.56 Å². The predicted molar refractivity (Wildman–Crippen MR) is 183 cm³/mol. The van der Waals surface area contributed by atoms with Gasteiger partial charge in [-0.25, -0.2) is 9.78 Å². The first kappa shape index (κ1) is 33.6. The normalized spacial score (nSPS) is 15.6. The quantitative estimate of drug-likeness (QED) is 0.209. The number of thiophene rings is 1. The van der Waals surface area contributed by atoms with E-state index < -0.39 is 5.60 Å². The Morgan fingerprint density at radius 1 is 1.09 bits per heavy atom. The number of nitrogens with zero attached hydrogens (tertiary/aromatic N) is 6. The maximum Gasteiger partial charge on any atom is 0.410 e. The molecule has 0 spiro atoms. The number of hydrogen-bond acceptors (Lipinski definition) is 9. The number of aryl methyl sites for hydroxylation is 3. The third-order valence-corrected chi connectivity index (χ3v) is 10.4. The van der Waals surface area contributed by atoms with E-state index in [0.29, 0.717) is 39.9 Å². The molecule has 0 saturated carbocycles. The van der Waals surface area contributed by atoms with E-state index in [1.165, 1.54) is 23.1 Å². The van der Waals surface area contributed by atoms with Gasteiger partial charge in [-0.15, -0.1) is 21.5 Å². The van der Waals surface area contributed by atoms with Crippen molar-refractivity contribution in [1.82, 2.24) is 29.5 Å². The van der Waals surface area contributed by atoms with Crippen LogP contribution >= 0.6 is 23.1 Å². The van der Waals surface area contributed by atoms with Crippen molar-refractivity contribution in [3.63, 3.8) is 0 Å². The molecule has 0 bridgehead atoms. The van der Waals surface area contributed by atoms with Crippen molar-refractivity contribution in [2.45, 2.75) is 96.0 Å². The lowest BCUT2D eigenvalue weighted by molar-refractivity contribution is 0.0254. The highest BCUT2D eigenvalue weighted by Gasteiger charge is 2.29. The lowest BCUT2D eigenvalue weighted by Gasteiger charge is -2.28. The third-order valence-electron chi connectivity index (χ3n) is 8.44. The largest absolute Gasteiger partial charge is 0.444 e. The van der Waals surface area contributed by atoms with Gasteiger partial charge in [0.2, 0.25) is 0 Å². The van der Waals surface area contributed by atoms with E-state index in [4.69, 9.17) is 9.72 Å². The van der Waals surface area contributed by atoms with Gasteiger partial charge >= 0.3 is 6.09 Å². The minimum atomic E-state index is -0.555. The summed E-state index contributed by atoms with van der Waals surface area (Å²) in [4.78, 5) is 50.3. The summed E-state index contributed by atoms with van der Waals surface area (Å²) < 4.78 is 7.23. The van der Waals surface area contributed by atoms with Crippen molar-refractivity contribution in [2.75, 3.05) is 20.1 Å². The smallest absolute Gasteiger partial charge is 0.410 e. The Kier molecular flexibility index (Phi) is 9.88.